The van der Waals surface area contributed by atoms with Crippen LogP contribution in [0.3, 0.4) is 0 Å². The third-order valence-electron chi connectivity index (χ3n) is 3.49. The van der Waals surface area contributed by atoms with E-state index in [-0.39, 0.29) is 23.1 Å². The van der Waals surface area contributed by atoms with Gasteiger partial charge >= 0.3 is 5.97 Å². The predicted molar refractivity (Wildman–Crippen MR) is 76.8 cm³/mol. The molecule has 1 aliphatic rings. The molecule has 0 amide bonds. The molecule has 6 nitrogen and oxygen atoms in total. The Morgan fingerprint density at radius 1 is 1.43 bits per heavy atom. The summed E-state index contributed by atoms with van der Waals surface area (Å²) in [5.74, 6) is -1.15. The van der Waals surface area contributed by atoms with Crippen molar-refractivity contribution in [1.82, 2.24) is 4.31 Å². The molecule has 0 radical (unpaired) electrons. The second-order valence-corrected chi connectivity index (χ2v) is 7.67. The number of sulfonamides is 1. The molecule has 1 N–H and O–H groups in total. The van der Waals surface area contributed by atoms with Gasteiger partial charge in [0.1, 0.15) is 0 Å². The number of carboxylic acid groups (broad SMARTS) is 1. The summed E-state index contributed by atoms with van der Waals surface area (Å²) in [5.41, 5.74) is -0.722. The summed E-state index contributed by atoms with van der Waals surface area (Å²) in [4.78, 5) is 11.0. The van der Waals surface area contributed by atoms with Crippen molar-refractivity contribution >= 4 is 16.0 Å². The highest BCUT2D eigenvalue weighted by Gasteiger charge is 2.41. The average Bonchev–Trinajstić information content (AvgIpc) is 2.41. The van der Waals surface area contributed by atoms with Crippen LogP contribution in [0.25, 0.3) is 0 Å². The zero-order valence-corrected chi connectivity index (χ0v) is 13.1. The second-order valence-electron chi connectivity index (χ2n) is 5.80. The molecule has 1 heterocycles. The maximum Gasteiger partial charge on any atom is 0.335 e. The van der Waals surface area contributed by atoms with E-state index in [9.17, 15) is 13.2 Å². The van der Waals surface area contributed by atoms with Gasteiger partial charge in [0.05, 0.1) is 28.7 Å². The standard InChI is InChI=1S/C14H19NO5S/c1-10-8-15(14(2,3)9-20-10)21(18,19)12-6-4-5-11(7-12)13(16)17/h4-7,10H,8-9H2,1-3H3,(H,16,17). The quantitative estimate of drug-likeness (QED) is 0.916. The Morgan fingerprint density at radius 2 is 2.10 bits per heavy atom. The van der Waals surface area contributed by atoms with E-state index in [1.54, 1.807) is 13.8 Å². The second kappa shape index (κ2) is 5.40. The smallest absolute Gasteiger partial charge is 0.335 e. The molecule has 0 aliphatic carbocycles. The van der Waals surface area contributed by atoms with E-state index in [2.05, 4.69) is 0 Å². The fourth-order valence-electron chi connectivity index (χ4n) is 2.29. The monoisotopic (exact) mass is 313 g/mol. The summed E-state index contributed by atoms with van der Waals surface area (Å²) >= 11 is 0. The average molecular weight is 313 g/mol. The Bertz CT molecular complexity index is 653. The number of nitrogens with zero attached hydrogens (tertiary/aromatic N) is 1. The third-order valence-corrected chi connectivity index (χ3v) is 5.56. The fourth-order valence-corrected chi connectivity index (χ4v) is 4.18. The van der Waals surface area contributed by atoms with Gasteiger partial charge in [0.15, 0.2) is 0 Å². The number of ether oxygens (including phenoxy) is 1. The van der Waals surface area contributed by atoms with Gasteiger partial charge in [-0.1, -0.05) is 6.07 Å². The molecule has 7 heteroatoms. The van der Waals surface area contributed by atoms with Crippen molar-refractivity contribution in [2.45, 2.75) is 37.3 Å². The van der Waals surface area contributed by atoms with Crippen molar-refractivity contribution in [2.24, 2.45) is 0 Å². The number of carboxylic acids is 1. The molecular formula is C14H19NO5S. The van der Waals surface area contributed by atoms with Crippen molar-refractivity contribution < 1.29 is 23.1 Å². The van der Waals surface area contributed by atoms with Gasteiger partial charge in [-0.15, -0.1) is 0 Å². The maximum atomic E-state index is 12.8. The Balaban J connectivity index is 2.45. The first kappa shape index (κ1) is 15.9. The van der Waals surface area contributed by atoms with E-state index in [1.807, 2.05) is 6.92 Å². The van der Waals surface area contributed by atoms with E-state index in [1.165, 1.54) is 28.6 Å². The largest absolute Gasteiger partial charge is 0.478 e. The molecule has 1 saturated heterocycles. The number of hydrogen-bond acceptors (Lipinski definition) is 4. The SMILES string of the molecule is CC1CN(S(=O)(=O)c2cccc(C(=O)O)c2)C(C)(C)CO1. The van der Waals surface area contributed by atoms with Crippen molar-refractivity contribution in [2.75, 3.05) is 13.2 Å². The zero-order valence-electron chi connectivity index (χ0n) is 12.2. The summed E-state index contributed by atoms with van der Waals surface area (Å²) < 4.78 is 32.5. The van der Waals surface area contributed by atoms with Crippen LogP contribution < -0.4 is 0 Å². The van der Waals surface area contributed by atoms with Crippen molar-refractivity contribution in [3.8, 4) is 0 Å². The van der Waals surface area contributed by atoms with Crippen LogP contribution in [0.15, 0.2) is 29.2 Å². The van der Waals surface area contributed by atoms with Crippen molar-refractivity contribution in [1.29, 1.82) is 0 Å². The normalized spacial score (nSPS) is 22.9. The van der Waals surface area contributed by atoms with Crippen LogP contribution in [-0.2, 0) is 14.8 Å². The lowest BCUT2D eigenvalue weighted by atomic mass is 10.1. The number of benzene rings is 1. The summed E-state index contributed by atoms with van der Waals surface area (Å²) in [5, 5.41) is 9.00. The molecule has 21 heavy (non-hydrogen) atoms. The van der Waals surface area contributed by atoms with Crippen LogP contribution in [0.1, 0.15) is 31.1 Å². The van der Waals surface area contributed by atoms with Gasteiger partial charge in [-0.2, -0.15) is 4.31 Å². The van der Waals surface area contributed by atoms with Crippen LogP contribution in [0.4, 0.5) is 0 Å². The highest BCUT2D eigenvalue weighted by Crippen LogP contribution is 2.29. The summed E-state index contributed by atoms with van der Waals surface area (Å²) in [6, 6.07) is 5.41. The van der Waals surface area contributed by atoms with Gasteiger partial charge < -0.3 is 9.84 Å². The molecule has 1 atom stereocenters. The highest BCUT2D eigenvalue weighted by molar-refractivity contribution is 7.89. The predicted octanol–water partition coefficient (Wildman–Crippen LogP) is 1.57. The van der Waals surface area contributed by atoms with Gasteiger partial charge in [0.25, 0.3) is 0 Å². The number of aromatic carboxylic acids is 1. The molecule has 1 aromatic carbocycles. The van der Waals surface area contributed by atoms with Crippen LogP contribution in [-0.4, -0.2) is 48.6 Å². The molecule has 2 rings (SSSR count). The summed E-state index contributed by atoms with van der Waals surface area (Å²) in [7, 11) is -3.77. The molecule has 1 unspecified atom stereocenters. The van der Waals surface area contributed by atoms with Gasteiger partial charge in [0, 0.05) is 6.54 Å². The van der Waals surface area contributed by atoms with Gasteiger partial charge in [-0.3, -0.25) is 0 Å². The topological polar surface area (TPSA) is 83.9 Å². The van der Waals surface area contributed by atoms with Crippen molar-refractivity contribution in [3.05, 3.63) is 29.8 Å². The maximum absolute atomic E-state index is 12.8. The third kappa shape index (κ3) is 3.09. The minimum absolute atomic E-state index is 0.00965. The first-order valence-corrected chi connectivity index (χ1v) is 8.06. The molecule has 0 spiro atoms. The molecule has 0 bridgehead atoms. The Kier molecular flexibility index (Phi) is 4.10. The highest BCUT2D eigenvalue weighted by atomic mass is 32.2. The number of hydrogen-bond donors (Lipinski definition) is 1. The minimum atomic E-state index is -3.77. The lowest BCUT2D eigenvalue weighted by molar-refractivity contribution is -0.0551. The molecule has 1 fully saturated rings. The molecule has 116 valence electrons. The number of morpholine rings is 1. The molecule has 1 aromatic rings. The first-order chi connectivity index (χ1) is 9.64. The van der Waals surface area contributed by atoms with E-state index in [0.29, 0.717) is 6.61 Å². The van der Waals surface area contributed by atoms with Crippen LogP contribution >= 0.6 is 0 Å². The van der Waals surface area contributed by atoms with E-state index in [4.69, 9.17) is 9.84 Å². The van der Waals surface area contributed by atoms with Crippen LogP contribution in [0.5, 0.6) is 0 Å². The van der Waals surface area contributed by atoms with Crippen molar-refractivity contribution in [3.63, 3.8) is 0 Å². The molecule has 1 aliphatic heterocycles. The lowest BCUT2D eigenvalue weighted by Gasteiger charge is -2.43. The fraction of sp³-hybridized carbons (Fsp3) is 0.500. The van der Waals surface area contributed by atoms with Gasteiger partial charge in [-0.05, 0) is 39.0 Å². The van der Waals surface area contributed by atoms with Gasteiger partial charge in [0.2, 0.25) is 10.0 Å². The van der Waals surface area contributed by atoms with Gasteiger partial charge in [-0.25, -0.2) is 13.2 Å². The molecular weight excluding hydrogens is 294 g/mol. The number of carbonyl (C=O) groups is 1. The van der Waals surface area contributed by atoms with Crippen LogP contribution in [0, 0.1) is 0 Å². The lowest BCUT2D eigenvalue weighted by Crippen LogP contribution is -2.57. The summed E-state index contributed by atoms with van der Waals surface area (Å²) in [6.45, 7) is 5.93. The van der Waals surface area contributed by atoms with E-state index < -0.39 is 21.5 Å². The Morgan fingerprint density at radius 3 is 2.71 bits per heavy atom. The van der Waals surface area contributed by atoms with E-state index >= 15 is 0 Å². The Labute approximate surface area is 124 Å². The van der Waals surface area contributed by atoms with Crippen LogP contribution in [0.2, 0.25) is 0 Å². The first-order valence-electron chi connectivity index (χ1n) is 6.62. The van der Waals surface area contributed by atoms with E-state index in [0.717, 1.165) is 0 Å². The minimum Gasteiger partial charge on any atom is -0.478 e. The summed E-state index contributed by atoms with van der Waals surface area (Å²) in [6.07, 6.45) is -0.199. The number of rotatable bonds is 3. The molecule has 0 aromatic heterocycles. The molecule has 0 saturated carbocycles. The Hall–Kier alpha value is -1.44. The zero-order chi connectivity index (χ0) is 15.8.